The summed E-state index contributed by atoms with van der Waals surface area (Å²) in [6, 6.07) is 5.87. The van der Waals surface area contributed by atoms with E-state index in [0.717, 1.165) is 29.5 Å². The van der Waals surface area contributed by atoms with Crippen molar-refractivity contribution in [1.29, 1.82) is 0 Å². The molecule has 1 amide bonds. The molecule has 1 atom stereocenters. The lowest BCUT2D eigenvalue weighted by molar-refractivity contribution is -0.113. The van der Waals surface area contributed by atoms with Crippen LogP contribution >= 0.6 is 0 Å². The number of ether oxygens (including phenoxy) is 1. The molecule has 2 aromatic rings. The minimum absolute atomic E-state index is 0.0397. The average Bonchev–Trinajstić information content (AvgIpc) is 2.68. The lowest BCUT2D eigenvalue weighted by Crippen LogP contribution is -2.25. The highest BCUT2D eigenvalue weighted by atomic mass is 16.5. The van der Waals surface area contributed by atoms with Gasteiger partial charge in [0, 0.05) is 17.9 Å². The first-order valence-corrected chi connectivity index (χ1v) is 5.80. The number of hydrogen-bond donors (Lipinski definition) is 1. The SMILES string of the molecule is NC(=O)C=Cc1ccc2cnn(C3CCO3)c2c1. The van der Waals surface area contributed by atoms with E-state index in [1.807, 2.05) is 29.1 Å². The number of primary amides is 1. The molecule has 0 aliphatic carbocycles. The Morgan fingerprint density at radius 3 is 3.06 bits per heavy atom. The third-order valence-electron chi connectivity index (χ3n) is 3.01. The molecule has 0 spiro atoms. The summed E-state index contributed by atoms with van der Waals surface area (Å²) in [7, 11) is 0. The fraction of sp³-hybridized carbons (Fsp3) is 0.231. The Morgan fingerprint density at radius 1 is 1.56 bits per heavy atom. The van der Waals surface area contributed by atoms with Gasteiger partial charge in [-0.3, -0.25) is 4.79 Å². The highest BCUT2D eigenvalue weighted by molar-refractivity contribution is 5.91. The van der Waals surface area contributed by atoms with Gasteiger partial charge in [-0.05, 0) is 17.7 Å². The van der Waals surface area contributed by atoms with Crippen molar-refractivity contribution in [3.05, 3.63) is 36.0 Å². The Kier molecular flexibility index (Phi) is 2.60. The maximum atomic E-state index is 10.7. The number of benzene rings is 1. The molecule has 0 radical (unpaired) electrons. The van der Waals surface area contributed by atoms with Crippen molar-refractivity contribution in [3.63, 3.8) is 0 Å². The highest BCUT2D eigenvalue weighted by Crippen LogP contribution is 2.27. The van der Waals surface area contributed by atoms with Crippen molar-refractivity contribution in [2.75, 3.05) is 6.61 Å². The largest absolute Gasteiger partial charge is 0.366 e. The van der Waals surface area contributed by atoms with Gasteiger partial charge in [-0.2, -0.15) is 5.10 Å². The van der Waals surface area contributed by atoms with Crippen molar-refractivity contribution in [2.24, 2.45) is 5.73 Å². The summed E-state index contributed by atoms with van der Waals surface area (Å²) in [4.78, 5) is 10.7. The fourth-order valence-electron chi connectivity index (χ4n) is 1.98. The molecule has 5 nitrogen and oxygen atoms in total. The number of nitrogens with zero attached hydrogens (tertiary/aromatic N) is 2. The van der Waals surface area contributed by atoms with Crippen molar-refractivity contribution >= 4 is 22.9 Å². The predicted molar refractivity (Wildman–Crippen MR) is 67.6 cm³/mol. The van der Waals surface area contributed by atoms with Crippen LogP contribution in [0.25, 0.3) is 17.0 Å². The van der Waals surface area contributed by atoms with E-state index in [4.69, 9.17) is 10.5 Å². The molecule has 2 heterocycles. The molecule has 1 saturated heterocycles. The van der Waals surface area contributed by atoms with Gasteiger partial charge < -0.3 is 10.5 Å². The summed E-state index contributed by atoms with van der Waals surface area (Å²) in [6.07, 6.45) is 5.89. The van der Waals surface area contributed by atoms with Gasteiger partial charge in [0.2, 0.25) is 5.91 Å². The molecule has 18 heavy (non-hydrogen) atoms. The number of nitrogens with two attached hydrogens (primary N) is 1. The van der Waals surface area contributed by atoms with E-state index < -0.39 is 5.91 Å². The molecule has 1 aromatic heterocycles. The van der Waals surface area contributed by atoms with Crippen LogP contribution in [-0.4, -0.2) is 22.3 Å². The van der Waals surface area contributed by atoms with Crippen LogP contribution in [-0.2, 0) is 9.53 Å². The molecule has 1 aliphatic heterocycles. The molecule has 5 heteroatoms. The first kappa shape index (κ1) is 11.0. The zero-order valence-electron chi connectivity index (χ0n) is 9.74. The van der Waals surface area contributed by atoms with Crippen LogP contribution < -0.4 is 5.73 Å². The van der Waals surface area contributed by atoms with E-state index in [1.165, 1.54) is 6.08 Å². The standard InChI is InChI=1S/C13H13N3O2/c14-12(17)4-2-9-1-3-10-8-15-16(11(10)7-9)13-5-6-18-13/h1-4,7-8,13H,5-6H2,(H2,14,17). The molecule has 1 unspecified atom stereocenters. The topological polar surface area (TPSA) is 70.1 Å². The number of hydrogen-bond acceptors (Lipinski definition) is 3. The van der Waals surface area contributed by atoms with Gasteiger partial charge in [-0.25, -0.2) is 4.68 Å². The Labute approximate surface area is 104 Å². The van der Waals surface area contributed by atoms with E-state index in [2.05, 4.69) is 5.10 Å². The minimum Gasteiger partial charge on any atom is -0.366 e. The van der Waals surface area contributed by atoms with Gasteiger partial charge >= 0.3 is 0 Å². The van der Waals surface area contributed by atoms with Crippen LogP contribution in [0.15, 0.2) is 30.5 Å². The van der Waals surface area contributed by atoms with E-state index in [0.29, 0.717) is 0 Å². The molecular weight excluding hydrogens is 230 g/mol. The Bertz CT molecular complexity index is 626. The second-order valence-electron chi connectivity index (χ2n) is 4.26. The monoisotopic (exact) mass is 243 g/mol. The Balaban J connectivity index is 2.01. The molecule has 0 bridgehead atoms. The smallest absolute Gasteiger partial charge is 0.241 e. The van der Waals surface area contributed by atoms with Crippen LogP contribution in [0, 0.1) is 0 Å². The first-order valence-electron chi connectivity index (χ1n) is 5.80. The normalized spacial score (nSPS) is 19.2. The Hall–Kier alpha value is -2.14. The van der Waals surface area contributed by atoms with Crippen LogP contribution in [0.1, 0.15) is 18.2 Å². The number of fused-ring (bicyclic) bond motifs is 1. The summed E-state index contributed by atoms with van der Waals surface area (Å²) in [6.45, 7) is 0.785. The Morgan fingerprint density at radius 2 is 2.39 bits per heavy atom. The molecule has 1 aromatic carbocycles. The average molecular weight is 243 g/mol. The quantitative estimate of drug-likeness (QED) is 0.829. The number of carbonyl (C=O) groups is 1. The number of aromatic nitrogens is 2. The van der Waals surface area contributed by atoms with Crippen LogP contribution in [0.5, 0.6) is 0 Å². The van der Waals surface area contributed by atoms with Gasteiger partial charge in [0.15, 0.2) is 6.23 Å². The van der Waals surface area contributed by atoms with E-state index in [1.54, 1.807) is 6.08 Å². The van der Waals surface area contributed by atoms with E-state index in [-0.39, 0.29) is 6.23 Å². The summed E-state index contributed by atoms with van der Waals surface area (Å²) in [5, 5.41) is 5.39. The van der Waals surface area contributed by atoms with E-state index in [9.17, 15) is 4.79 Å². The number of rotatable bonds is 3. The van der Waals surface area contributed by atoms with Gasteiger partial charge in [-0.1, -0.05) is 12.1 Å². The summed E-state index contributed by atoms with van der Waals surface area (Å²) < 4.78 is 7.31. The first-order chi connectivity index (χ1) is 8.74. The van der Waals surface area contributed by atoms with Gasteiger partial charge in [0.25, 0.3) is 0 Å². The maximum Gasteiger partial charge on any atom is 0.241 e. The van der Waals surface area contributed by atoms with Gasteiger partial charge in [0.05, 0.1) is 18.3 Å². The third kappa shape index (κ3) is 1.89. The molecule has 3 rings (SSSR count). The lowest BCUT2D eigenvalue weighted by atomic mass is 10.1. The second-order valence-corrected chi connectivity index (χ2v) is 4.26. The number of amides is 1. The van der Waals surface area contributed by atoms with Gasteiger partial charge in [0.1, 0.15) is 0 Å². The van der Waals surface area contributed by atoms with Crippen molar-refractivity contribution in [3.8, 4) is 0 Å². The summed E-state index contributed by atoms with van der Waals surface area (Å²) in [5.74, 6) is -0.453. The fourth-order valence-corrected chi connectivity index (χ4v) is 1.98. The zero-order chi connectivity index (χ0) is 12.5. The van der Waals surface area contributed by atoms with Crippen LogP contribution in [0.2, 0.25) is 0 Å². The third-order valence-corrected chi connectivity index (χ3v) is 3.01. The van der Waals surface area contributed by atoms with Crippen LogP contribution in [0.3, 0.4) is 0 Å². The van der Waals surface area contributed by atoms with Crippen molar-refractivity contribution in [2.45, 2.75) is 12.6 Å². The molecule has 1 fully saturated rings. The highest BCUT2D eigenvalue weighted by Gasteiger charge is 2.22. The zero-order valence-corrected chi connectivity index (χ0v) is 9.74. The lowest BCUT2D eigenvalue weighted by Gasteiger charge is -2.27. The minimum atomic E-state index is -0.453. The maximum absolute atomic E-state index is 10.7. The predicted octanol–water partition coefficient (Wildman–Crippen LogP) is 1.45. The summed E-state index contributed by atoms with van der Waals surface area (Å²) >= 11 is 0. The molecule has 0 saturated carbocycles. The number of carbonyl (C=O) groups excluding carboxylic acids is 1. The van der Waals surface area contributed by atoms with Gasteiger partial charge in [-0.15, -0.1) is 0 Å². The molecule has 1 aliphatic rings. The molecule has 2 N–H and O–H groups in total. The molecular formula is C13H13N3O2. The summed E-state index contributed by atoms with van der Waals surface area (Å²) in [5.41, 5.74) is 7.00. The van der Waals surface area contributed by atoms with Crippen molar-refractivity contribution < 1.29 is 9.53 Å². The molecule has 92 valence electrons. The second kappa shape index (κ2) is 4.27. The van der Waals surface area contributed by atoms with Crippen molar-refractivity contribution in [1.82, 2.24) is 9.78 Å². The van der Waals surface area contributed by atoms with Crippen LogP contribution in [0.4, 0.5) is 0 Å². The van der Waals surface area contributed by atoms with E-state index >= 15 is 0 Å².